The van der Waals surface area contributed by atoms with Crippen molar-refractivity contribution in [3.63, 3.8) is 0 Å². The summed E-state index contributed by atoms with van der Waals surface area (Å²) in [6, 6.07) is 19.0. The number of para-hydroxylation sites is 2. The highest BCUT2D eigenvalue weighted by molar-refractivity contribution is 6.01. The lowest BCUT2D eigenvalue weighted by atomic mass is 10.2. The van der Waals surface area contributed by atoms with Crippen LogP contribution in [0.15, 0.2) is 73.1 Å². The Morgan fingerprint density at radius 2 is 1.54 bits per heavy atom. The van der Waals surface area contributed by atoms with Gasteiger partial charge in [0.15, 0.2) is 0 Å². The Hall–Kier alpha value is -3.74. The van der Waals surface area contributed by atoms with Crippen LogP contribution in [0.5, 0.6) is 0 Å². The molecule has 1 aliphatic heterocycles. The van der Waals surface area contributed by atoms with Crippen molar-refractivity contribution in [1.29, 1.82) is 0 Å². The van der Waals surface area contributed by atoms with Gasteiger partial charge in [0.05, 0.1) is 5.56 Å². The summed E-state index contributed by atoms with van der Waals surface area (Å²) >= 11 is 0. The van der Waals surface area contributed by atoms with E-state index in [1.165, 1.54) is 17.3 Å². The maximum absolute atomic E-state index is 12.7. The molecule has 4 rings (SSSR count). The second-order valence-electron chi connectivity index (χ2n) is 6.39. The van der Waals surface area contributed by atoms with Gasteiger partial charge >= 0.3 is 0 Å². The van der Waals surface area contributed by atoms with Gasteiger partial charge in [0.1, 0.15) is 6.54 Å². The van der Waals surface area contributed by atoms with E-state index in [0.29, 0.717) is 24.6 Å². The van der Waals surface area contributed by atoms with E-state index in [9.17, 15) is 9.59 Å². The fourth-order valence-corrected chi connectivity index (χ4v) is 3.06. The largest absolute Gasteiger partial charge is 0.327 e. The number of rotatable bonds is 4. The van der Waals surface area contributed by atoms with Crippen LogP contribution in [0.2, 0.25) is 0 Å². The number of amides is 2. The molecule has 0 atom stereocenters. The number of benzene rings is 2. The molecule has 1 aliphatic rings. The SMILES string of the molecule is O=C(c1cnc(Nc2ccccc2)nc1)N1CCN(c2ccccc2)C(=O)C1. The molecule has 28 heavy (non-hydrogen) atoms. The van der Waals surface area contributed by atoms with E-state index in [4.69, 9.17) is 0 Å². The summed E-state index contributed by atoms with van der Waals surface area (Å²) in [5.41, 5.74) is 2.07. The summed E-state index contributed by atoms with van der Waals surface area (Å²) < 4.78 is 0. The Labute approximate surface area is 162 Å². The Morgan fingerprint density at radius 3 is 2.18 bits per heavy atom. The molecule has 0 aliphatic carbocycles. The number of nitrogens with zero attached hydrogens (tertiary/aromatic N) is 4. The molecule has 140 valence electrons. The van der Waals surface area contributed by atoms with Crippen LogP contribution in [0.3, 0.4) is 0 Å². The van der Waals surface area contributed by atoms with E-state index in [1.807, 2.05) is 60.7 Å². The molecule has 2 heterocycles. The first-order valence-electron chi connectivity index (χ1n) is 8.99. The molecule has 0 spiro atoms. The highest BCUT2D eigenvalue weighted by Crippen LogP contribution is 2.18. The maximum atomic E-state index is 12.7. The molecule has 2 amide bonds. The standard InChI is InChI=1S/C21H19N5O2/c27-19-15-25(11-12-26(19)18-9-5-2-6-10-18)20(28)16-13-22-21(23-14-16)24-17-7-3-1-4-8-17/h1-10,13-14H,11-12,15H2,(H,22,23,24). The summed E-state index contributed by atoms with van der Waals surface area (Å²) in [6.45, 7) is 0.963. The molecule has 0 saturated carbocycles. The molecule has 2 aromatic carbocycles. The van der Waals surface area contributed by atoms with Crippen molar-refractivity contribution in [3.8, 4) is 0 Å². The predicted octanol–water partition coefficient (Wildman–Crippen LogP) is 2.71. The minimum atomic E-state index is -0.243. The smallest absolute Gasteiger partial charge is 0.257 e. The Kier molecular flexibility index (Phi) is 4.97. The van der Waals surface area contributed by atoms with Crippen LogP contribution in [-0.4, -0.2) is 46.3 Å². The van der Waals surface area contributed by atoms with Crippen molar-refractivity contribution in [2.75, 3.05) is 29.9 Å². The Morgan fingerprint density at radius 1 is 0.893 bits per heavy atom. The first kappa shape index (κ1) is 17.7. The van der Waals surface area contributed by atoms with Crippen molar-refractivity contribution in [2.45, 2.75) is 0 Å². The lowest BCUT2D eigenvalue weighted by molar-refractivity contribution is -0.120. The minimum Gasteiger partial charge on any atom is -0.327 e. The number of piperazine rings is 1. The van der Waals surface area contributed by atoms with Crippen LogP contribution in [0.25, 0.3) is 0 Å². The third-order valence-electron chi connectivity index (χ3n) is 4.50. The highest BCUT2D eigenvalue weighted by Gasteiger charge is 2.28. The van der Waals surface area contributed by atoms with Gasteiger partial charge in [0, 0.05) is 36.9 Å². The van der Waals surface area contributed by atoms with Gasteiger partial charge in [-0.15, -0.1) is 0 Å². The predicted molar refractivity (Wildman–Crippen MR) is 106 cm³/mol. The number of hydrogen-bond acceptors (Lipinski definition) is 5. The van der Waals surface area contributed by atoms with E-state index in [2.05, 4.69) is 15.3 Å². The number of carbonyl (C=O) groups excluding carboxylic acids is 2. The second kappa shape index (κ2) is 7.87. The quantitative estimate of drug-likeness (QED) is 0.761. The van der Waals surface area contributed by atoms with Gasteiger partial charge in [-0.2, -0.15) is 0 Å². The monoisotopic (exact) mass is 373 g/mol. The topological polar surface area (TPSA) is 78.4 Å². The number of anilines is 3. The molecule has 0 radical (unpaired) electrons. The Balaban J connectivity index is 1.40. The van der Waals surface area contributed by atoms with Gasteiger partial charge in [0.25, 0.3) is 5.91 Å². The molecule has 1 fully saturated rings. The fourth-order valence-electron chi connectivity index (χ4n) is 3.06. The first-order valence-corrected chi connectivity index (χ1v) is 8.99. The minimum absolute atomic E-state index is 0.0394. The molecule has 7 heteroatoms. The summed E-state index contributed by atoms with van der Waals surface area (Å²) in [7, 11) is 0. The highest BCUT2D eigenvalue weighted by atomic mass is 16.2. The second-order valence-corrected chi connectivity index (χ2v) is 6.39. The number of nitrogens with one attached hydrogen (secondary N) is 1. The molecule has 1 N–H and O–H groups in total. The van der Waals surface area contributed by atoms with Gasteiger partial charge in [-0.25, -0.2) is 9.97 Å². The summed E-state index contributed by atoms with van der Waals surface area (Å²) in [4.78, 5) is 36.8. The van der Waals surface area contributed by atoms with Crippen LogP contribution >= 0.6 is 0 Å². The molecule has 3 aromatic rings. The van der Waals surface area contributed by atoms with Crippen LogP contribution in [0, 0.1) is 0 Å². The molecule has 1 aromatic heterocycles. The molecular formula is C21H19N5O2. The zero-order valence-electron chi connectivity index (χ0n) is 15.2. The number of hydrogen-bond donors (Lipinski definition) is 1. The van der Waals surface area contributed by atoms with Crippen LogP contribution in [0.4, 0.5) is 17.3 Å². The van der Waals surface area contributed by atoms with Crippen LogP contribution in [-0.2, 0) is 4.79 Å². The van der Waals surface area contributed by atoms with Crippen molar-refractivity contribution >= 4 is 29.1 Å². The van der Waals surface area contributed by atoms with Gasteiger partial charge in [-0.3, -0.25) is 9.59 Å². The lowest BCUT2D eigenvalue weighted by Crippen LogP contribution is -2.52. The summed E-state index contributed by atoms with van der Waals surface area (Å²) in [5, 5.41) is 3.07. The van der Waals surface area contributed by atoms with Crippen molar-refractivity contribution in [1.82, 2.24) is 14.9 Å². The number of carbonyl (C=O) groups is 2. The Bertz CT molecular complexity index is 961. The summed E-state index contributed by atoms with van der Waals surface area (Å²) in [5.74, 6) is 0.0640. The van der Waals surface area contributed by atoms with E-state index in [0.717, 1.165) is 11.4 Å². The van der Waals surface area contributed by atoms with E-state index >= 15 is 0 Å². The zero-order valence-corrected chi connectivity index (χ0v) is 15.2. The van der Waals surface area contributed by atoms with E-state index in [1.54, 1.807) is 4.90 Å². The zero-order chi connectivity index (χ0) is 19.3. The van der Waals surface area contributed by atoms with Crippen molar-refractivity contribution < 1.29 is 9.59 Å². The van der Waals surface area contributed by atoms with E-state index in [-0.39, 0.29) is 18.4 Å². The molecule has 0 unspecified atom stereocenters. The normalized spacial score (nSPS) is 14.1. The van der Waals surface area contributed by atoms with E-state index < -0.39 is 0 Å². The third kappa shape index (κ3) is 3.83. The average molecular weight is 373 g/mol. The van der Waals surface area contributed by atoms with Gasteiger partial charge in [0.2, 0.25) is 11.9 Å². The molecule has 0 bridgehead atoms. The summed E-state index contributed by atoms with van der Waals surface area (Å²) in [6.07, 6.45) is 2.96. The maximum Gasteiger partial charge on any atom is 0.257 e. The molecule has 7 nitrogen and oxygen atoms in total. The molecule has 1 saturated heterocycles. The molecular weight excluding hydrogens is 354 g/mol. The third-order valence-corrected chi connectivity index (χ3v) is 4.50. The number of aromatic nitrogens is 2. The van der Waals surface area contributed by atoms with Crippen molar-refractivity contribution in [3.05, 3.63) is 78.6 Å². The van der Waals surface area contributed by atoms with Gasteiger partial charge in [-0.1, -0.05) is 36.4 Å². The average Bonchev–Trinajstić information content (AvgIpc) is 2.75. The van der Waals surface area contributed by atoms with Gasteiger partial charge < -0.3 is 15.1 Å². The van der Waals surface area contributed by atoms with Gasteiger partial charge in [-0.05, 0) is 24.3 Å². The van der Waals surface area contributed by atoms with Crippen LogP contribution < -0.4 is 10.2 Å². The fraction of sp³-hybridized carbons (Fsp3) is 0.143. The lowest BCUT2D eigenvalue weighted by Gasteiger charge is -2.34. The van der Waals surface area contributed by atoms with Crippen molar-refractivity contribution in [2.24, 2.45) is 0 Å². The first-order chi connectivity index (χ1) is 13.7. The van der Waals surface area contributed by atoms with Crippen LogP contribution in [0.1, 0.15) is 10.4 Å².